The van der Waals surface area contributed by atoms with Gasteiger partial charge in [0.2, 0.25) is 0 Å². The molecular weight excluding hydrogens is 208 g/mol. The molecule has 16 heavy (non-hydrogen) atoms. The highest BCUT2D eigenvalue weighted by Gasteiger charge is 2.01. The Morgan fingerprint density at radius 1 is 1.31 bits per heavy atom. The largest absolute Gasteiger partial charge is 0.463 e. The van der Waals surface area contributed by atoms with Crippen LogP contribution in [0.25, 0.3) is 0 Å². The maximum atomic E-state index is 10.9. The van der Waals surface area contributed by atoms with Crippen LogP contribution >= 0.6 is 0 Å². The Hall–Kier alpha value is -1.13. The minimum Gasteiger partial charge on any atom is -0.463 e. The molecule has 2 atom stereocenters. The van der Waals surface area contributed by atoms with Gasteiger partial charge in [0.15, 0.2) is 0 Å². The quantitative estimate of drug-likeness (QED) is 0.390. The van der Waals surface area contributed by atoms with Gasteiger partial charge in [-0.1, -0.05) is 18.2 Å². The molecule has 4 nitrogen and oxygen atoms in total. The van der Waals surface area contributed by atoms with Crippen LogP contribution in [0.4, 0.5) is 0 Å². The fourth-order valence-electron chi connectivity index (χ4n) is 1.03. The number of rotatable bonds is 7. The summed E-state index contributed by atoms with van der Waals surface area (Å²) in [6, 6.07) is 0. The molecule has 2 unspecified atom stereocenters. The summed E-state index contributed by atoms with van der Waals surface area (Å²) in [7, 11) is 0. The molecule has 0 rings (SSSR count). The predicted molar refractivity (Wildman–Crippen MR) is 61.8 cm³/mol. The van der Waals surface area contributed by atoms with E-state index in [1.165, 1.54) is 12.2 Å². The summed E-state index contributed by atoms with van der Waals surface area (Å²) in [5.41, 5.74) is 0. The van der Waals surface area contributed by atoms with Crippen LogP contribution in [0.2, 0.25) is 0 Å². The molecule has 0 aromatic carbocycles. The zero-order chi connectivity index (χ0) is 12.4. The third kappa shape index (κ3) is 9.43. The predicted octanol–water partition coefficient (Wildman–Crippen LogP) is 1.18. The third-order valence-electron chi connectivity index (χ3n) is 1.84. The van der Waals surface area contributed by atoms with Gasteiger partial charge in [-0.3, -0.25) is 0 Å². The van der Waals surface area contributed by atoms with Crippen LogP contribution in [0.1, 0.15) is 26.7 Å². The molecule has 0 aromatic heterocycles. The molecule has 92 valence electrons. The van der Waals surface area contributed by atoms with E-state index >= 15 is 0 Å². The molecule has 4 heteroatoms. The van der Waals surface area contributed by atoms with Gasteiger partial charge >= 0.3 is 5.97 Å². The van der Waals surface area contributed by atoms with Crippen LogP contribution in [0.15, 0.2) is 24.3 Å². The fourth-order valence-corrected chi connectivity index (χ4v) is 1.03. The summed E-state index contributed by atoms with van der Waals surface area (Å²) in [5.74, 6) is -0.398. The highest BCUT2D eigenvalue weighted by molar-refractivity contribution is 5.82. The highest BCUT2D eigenvalue weighted by Crippen LogP contribution is 2.02. The summed E-state index contributed by atoms with van der Waals surface area (Å²) in [6.45, 7) is 3.77. The van der Waals surface area contributed by atoms with E-state index in [1.807, 2.05) is 0 Å². The second kappa shape index (κ2) is 9.12. The van der Waals surface area contributed by atoms with Crippen molar-refractivity contribution >= 4 is 5.97 Å². The smallest absolute Gasteiger partial charge is 0.330 e. The van der Waals surface area contributed by atoms with Crippen molar-refractivity contribution in [1.82, 2.24) is 0 Å². The van der Waals surface area contributed by atoms with Crippen molar-refractivity contribution in [2.75, 3.05) is 6.61 Å². The Morgan fingerprint density at radius 2 is 2.00 bits per heavy atom. The van der Waals surface area contributed by atoms with E-state index in [-0.39, 0.29) is 0 Å². The lowest BCUT2D eigenvalue weighted by Crippen LogP contribution is -2.07. The number of hydrogen-bond donors (Lipinski definition) is 2. The Labute approximate surface area is 96.2 Å². The van der Waals surface area contributed by atoms with E-state index in [2.05, 4.69) is 4.74 Å². The normalized spacial score (nSPS) is 15.5. The van der Waals surface area contributed by atoms with Crippen molar-refractivity contribution in [3.05, 3.63) is 24.3 Å². The van der Waals surface area contributed by atoms with Crippen LogP contribution in [-0.4, -0.2) is 35.0 Å². The van der Waals surface area contributed by atoms with Crippen molar-refractivity contribution in [1.29, 1.82) is 0 Å². The zero-order valence-corrected chi connectivity index (χ0v) is 9.80. The lowest BCUT2D eigenvalue weighted by Gasteiger charge is -2.06. The van der Waals surface area contributed by atoms with E-state index < -0.39 is 18.2 Å². The standard InChI is InChI=1S/C12H20O4/c1-3-16-12(15)7-5-4-6-11(14)9-8-10(2)13/h4-7,10-11,13-14H,3,8-9H2,1-2H3. The van der Waals surface area contributed by atoms with Crippen LogP contribution in [0, 0.1) is 0 Å². The van der Waals surface area contributed by atoms with Crippen molar-refractivity contribution in [2.45, 2.75) is 38.9 Å². The van der Waals surface area contributed by atoms with Gasteiger partial charge in [-0.25, -0.2) is 4.79 Å². The summed E-state index contributed by atoms with van der Waals surface area (Å²) in [4.78, 5) is 10.9. The number of carbonyl (C=O) groups excluding carboxylic acids is 1. The van der Waals surface area contributed by atoms with Crippen LogP contribution < -0.4 is 0 Å². The molecule has 0 amide bonds. The van der Waals surface area contributed by atoms with Crippen molar-refractivity contribution in [2.24, 2.45) is 0 Å². The van der Waals surface area contributed by atoms with Crippen LogP contribution in [0.5, 0.6) is 0 Å². The number of esters is 1. The molecule has 0 radical (unpaired) electrons. The summed E-state index contributed by atoms with van der Waals surface area (Å²) in [6.07, 6.45) is 6.01. The number of hydrogen-bond acceptors (Lipinski definition) is 4. The lowest BCUT2D eigenvalue weighted by atomic mass is 10.1. The molecule has 0 saturated carbocycles. The van der Waals surface area contributed by atoms with E-state index in [1.54, 1.807) is 26.0 Å². The molecule has 0 aromatic rings. The van der Waals surface area contributed by atoms with Crippen LogP contribution in [0.3, 0.4) is 0 Å². The van der Waals surface area contributed by atoms with E-state index in [9.17, 15) is 9.90 Å². The van der Waals surface area contributed by atoms with Gasteiger partial charge in [-0.2, -0.15) is 0 Å². The molecule has 0 bridgehead atoms. The Balaban J connectivity index is 3.77. The van der Waals surface area contributed by atoms with Gasteiger partial charge in [-0.15, -0.1) is 0 Å². The molecule has 0 saturated heterocycles. The monoisotopic (exact) mass is 228 g/mol. The average Bonchev–Trinajstić information content (AvgIpc) is 2.22. The van der Waals surface area contributed by atoms with Gasteiger partial charge in [0.05, 0.1) is 18.8 Å². The first kappa shape index (κ1) is 14.9. The topological polar surface area (TPSA) is 66.8 Å². The van der Waals surface area contributed by atoms with Crippen molar-refractivity contribution in [3.63, 3.8) is 0 Å². The molecule has 0 aliphatic rings. The minimum atomic E-state index is -0.596. The fraction of sp³-hybridized carbons (Fsp3) is 0.583. The van der Waals surface area contributed by atoms with Crippen LogP contribution in [-0.2, 0) is 9.53 Å². The second-order valence-corrected chi connectivity index (χ2v) is 3.49. The second-order valence-electron chi connectivity index (χ2n) is 3.49. The SMILES string of the molecule is CCOC(=O)C=CC=CC(O)CCC(C)O. The molecule has 0 aliphatic heterocycles. The summed E-state index contributed by atoms with van der Waals surface area (Å²) >= 11 is 0. The highest BCUT2D eigenvalue weighted by atomic mass is 16.5. The van der Waals surface area contributed by atoms with Crippen molar-refractivity contribution < 1.29 is 19.7 Å². The van der Waals surface area contributed by atoms with E-state index in [0.717, 1.165) is 0 Å². The maximum Gasteiger partial charge on any atom is 0.330 e. The molecule has 2 N–H and O–H groups in total. The zero-order valence-electron chi connectivity index (χ0n) is 9.80. The summed E-state index contributed by atoms with van der Waals surface area (Å²) in [5, 5.41) is 18.4. The molecule has 0 spiro atoms. The van der Waals surface area contributed by atoms with Crippen molar-refractivity contribution in [3.8, 4) is 0 Å². The number of aliphatic hydroxyl groups is 2. The minimum absolute atomic E-state index is 0.351. The maximum absolute atomic E-state index is 10.9. The third-order valence-corrected chi connectivity index (χ3v) is 1.84. The number of carbonyl (C=O) groups is 1. The number of allylic oxidation sites excluding steroid dienone is 2. The molecule has 0 aliphatic carbocycles. The Kier molecular flexibility index (Phi) is 8.48. The lowest BCUT2D eigenvalue weighted by molar-refractivity contribution is -0.137. The molecule has 0 heterocycles. The first-order chi connectivity index (χ1) is 7.56. The van der Waals surface area contributed by atoms with Gasteiger partial charge in [-0.05, 0) is 26.7 Å². The number of aliphatic hydroxyl groups excluding tert-OH is 2. The molecule has 0 fully saturated rings. The molecular formula is C12H20O4. The number of ether oxygens (including phenoxy) is 1. The van der Waals surface area contributed by atoms with Gasteiger partial charge in [0, 0.05) is 6.08 Å². The van der Waals surface area contributed by atoms with Gasteiger partial charge in [0.1, 0.15) is 0 Å². The van der Waals surface area contributed by atoms with Gasteiger partial charge < -0.3 is 14.9 Å². The van der Waals surface area contributed by atoms with E-state index in [4.69, 9.17) is 5.11 Å². The Bertz CT molecular complexity index is 243. The van der Waals surface area contributed by atoms with Gasteiger partial charge in [0.25, 0.3) is 0 Å². The Morgan fingerprint density at radius 3 is 2.56 bits per heavy atom. The first-order valence-electron chi connectivity index (χ1n) is 5.44. The summed E-state index contributed by atoms with van der Waals surface area (Å²) < 4.78 is 4.67. The first-order valence-corrected chi connectivity index (χ1v) is 5.44. The van der Waals surface area contributed by atoms with E-state index in [0.29, 0.717) is 19.4 Å². The average molecular weight is 228 g/mol.